The second kappa shape index (κ2) is 11.2. The molecular weight excluding hydrogens is 472 g/mol. The highest BCUT2D eigenvalue weighted by Crippen LogP contribution is 2.36. The van der Waals surface area contributed by atoms with Gasteiger partial charge in [0.2, 0.25) is 5.79 Å². The van der Waals surface area contributed by atoms with E-state index in [2.05, 4.69) is 0 Å². The van der Waals surface area contributed by atoms with E-state index in [0.717, 1.165) is 0 Å². The topological polar surface area (TPSA) is 269 Å². The maximum atomic E-state index is 10.3. The number of aliphatic hydroxyl groups is 11. The monoisotopic (exact) mass is 504 g/mol. The molecular formula is C18H32O16. The zero-order valence-electron chi connectivity index (χ0n) is 17.8. The predicted molar refractivity (Wildman–Crippen MR) is 101 cm³/mol. The molecule has 14 atom stereocenters. The van der Waals surface area contributed by atoms with Crippen LogP contribution in [0, 0.1) is 0 Å². The van der Waals surface area contributed by atoms with Crippen molar-refractivity contribution >= 4 is 0 Å². The van der Waals surface area contributed by atoms with E-state index in [-0.39, 0.29) is 0 Å². The summed E-state index contributed by atoms with van der Waals surface area (Å²) in [6.07, 6.45) is -21.8. The number of hydrogen-bond donors (Lipinski definition) is 11. The largest absolute Gasteiger partial charge is 0.394 e. The Hall–Kier alpha value is -0.640. The second-order valence-corrected chi connectivity index (χ2v) is 8.41. The summed E-state index contributed by atoms with van der Waals surface area (Å²) < 4.78 is 26.4. The van der Waals surface area contributed by atoms with Gasteiger partial charge >= 0.3 is 0 Å². The van der Waals surface area contributed by atoms with Gasteiger partial charge in [0.15, 0.2) is 12.6 Å². The third-order valence-electron chi connectivity index (χ3n) is 6.16. The van der Waals surface area contributed by atoms with Gasteiger partial charge in [0, 0.05) is 0 Å². The number of aliphatic hydroxyl groups excluding tert-OH is 11. The Bertz CT molecular complexity index is 653. The van der Waals surface area contributed by atoms with Crippen LogP contribution in [0.1, 0.15) is 0 Å². The minimum absolute atomic E-state index is 0.634. The fraction of sp³-hybridized carbons (Fsp3) is 1.00. The summed E-state index contributed by atoms with van der Waals surface area (Å²) in [6.45, 7) is -3.14. The number of rotatable bonds is 8. The first kappa shape index (κ1) is 27.9. The third kappa shape index (κ3) is 5.09. The fourth-order valence-corrected chi connectivity index (χ4v) is 4.01. The van der Waals surface area contributed by atoms with Crippen molar-refractivity contribution in [1.82, 2.24) is 0 Å². The minimum atomic E-state index is -2.36. The van der Waals surface area contributed by atoms with E-state index in [4.69, 9.17) is 23.7 Å². The van der Waals surface area contributed by atoms with E-state index in [1.54, 1.807) is 0 Å². The van der Waals surface area contributed by atoms with Crippen LogP contribution in [0.5, 0.6) is 0 Å². The van der Waals surface area contributed by atoms with Crippen LogP contribution in [0.2, 0.25) is 0 Å². The Morgan fingerprint density at radius 1 is 0.588 bits per heavy atom. The standard InChI is InChI=1S/C18H32O16/c19-1-5-8(22)11(25)13(27)16(31-5)30-3-7-9(23)12(26)14(28)17(32-7)34-18(4-21)15(29)10(24)6(2-20)33-18/h5-17,19-29H,1-4H2/t5?,6-,7?,8+,9-,10-,11-,12-,13?,14?,15-,16+,17+,18+/m1/s1. The molecule has 0 bridgehead atoms. The summed E-state index contributed by atoms with van der Waals surface area (Å²) in [5.74, 6) is -2.36. The van der Waals surface area contributed by atoms with Gasteiger partial charge in [-0.05, 0) is 0 Å². The predicted octanol–water partition coefficient (Wildman–Crippen LogP) is -7.57. The molecule has 0 amide bonds. The minimum Gasteiger partial charge on any atom is -0.394 e. The van der Waals surface area contributed by atoms with Crippen molar-refractivity contribution in [2.75, 3.05) is 26.4 Å². The molecule has 4 unspecified atom stereocenters. The molecule has 0 radical (unpaired) electrons. The van der Waals surface area contributed by atoms with Crippen LogP contribution < -0.4 is 0 Å². The summed E-state index contributed by atoms with van der Waals surface area (Å²) >= 11 is 0. The Balaban J connectivity index is 1.69. The van der Waals surface area contributed by atoms with Gasteiger partial charge in [-0.1, -0.05) is 0 Å². The van der Waals surface area contributed by atoms with E-state index < -0.39 is 112 Å². The van der Waals surface area contributed by atoms with Crippen molar-refractivity contribution in [3.8, 4) is 0 Å². The van der Waals surface area contributed by atoms with Crippen molar-refractivity contribution in [3.63, 3.8) is 0 Å². The van der Waals surface area contributed by atoms with E-state index in [1.807, 2.05) is 0 Å². The molecule has 3 saturated heterocycles. The molecule has 3 aliphatic rings. The van der Waals surface area contributed by atoms with Gasteiger partial charge in [-0.3, -0.25) is 0 Å². The van der Waals surface area contributed by atoms with Crippen LogP contribution in [0.15, 0.2) is 0 Å². The van der Waals surface area contributed by atoms with Gasteiger partial charge in [-0.15, -0.1) is 0 Å². The van der Waals surface area contributed by atoms with Crippen LogP contribution in [-0.4, -0.2) is 168 Å². The van der Waals surface area contributed by atoms with Crippen molar-refractivity contribution < 1.29 is 79.9 Å². The summed E-state index contributed by atoms with van der Waals surface area (Å²) in [6, 6.07) is 0. The lowest BCUT2D eigenvalue weighted by atomic mass is 9.98. The lowest BCUT2D eigenvalue weighted by Gasteiger charge is -2.44. The highest BCUT2D eigenvalue weighted by atomic mass is 16.8. The first-order chi connectivity index (χ1) is 16.0. The van der Waals surface area contributed by atoms with Crippen molar-refractivity contribution in [2.24, 2.45) is 0 Å². The Morgan fingerprint density at radius 3 is 1.65 bits per heavy atom. The van der Waals surface area contributed by atoms with Crippen LogP contribution in [0.3, 0.4) is 0 Å². The second-order valence-electron chi connectivity index (χ2n) is 8.41. The molecule has 3 fully saturated rings. The van der Waals surface area contributed by atoms with Gasteiger partial charge in [-0.25, -0.2) is 0 Å². The highest BCUT2D eigenvalue weighted by molar-refractivity contribution is 4.98. The first-order valence-corrected chi connectivity index (χ1v) is 10.6. The summed E-state index contributed by atoms with van der Waals surface area (Å²) in [7, 11) is 0. The van der Waals surface area contributed by atoms with Gasteiger partial charge in [0.25, 0.3) is 0 Å². The molecule has 0 aromatic carbocycles. The molecule has 3 aliphatic heterocycles. The van der Waals surface area contributed by atoms with E-state index in [1.165, 1.54) is 0 Å². The van der Waals surface area contributed by atoms with Gasteiger partial charge in [-0.2, -0.15) is 0 Å². The van der Waals surface area contributed by atoms with E-state index >= 15 is 0 Å². The molecule has 0 aromatic rings. The SMILES string of the molecule is OCC1O[C@H](OCC2O[C@@H](O[C@]3(CO)O[C@H](CO)[C@@H](O)[C@H]3O)C(O)[C@H](O)[C@@H]2O)C(O)[C@H](O)[C@H]1O. The highest BCUT2D eigenvalue weighted by Gasteiger charge is 2.58. The van der Waals surface area contributed by atoms with Crippen LogP contribution in [0.25, 0.3) is 0 Å². The quantitative estimate of drug-likeness (QED) is 0.146. The summed E-state index contributed by atoms with van der Waals surface area (Å²) in [4.78, 5) is 0. The van der Waals surface area contributed by atoms with Crippen LogP contribution in [0.4, 0.5) is 0 Å². The Kier molecular flexibility index (Phi) is 9.18. The normalized spacial score (nSPS) is 52.1. The Labute approximate surface area is 192 Å². The smallest absolute Gasteiger partial charge is 0.224 e. The summed E-state index contributed by atoms with van der Waals surface area (Å²) in [5.41, 5.74) is 0. The molecule has 3 rings (SSSR count). The average Bonchev–Trinajstić information content (AvgIpc) is 3.08. The van der Waals surface area contributed by atoms with Crippen molar-refractivity contribution in [3.05, 3.63) is 0 Å². The molecule has 16 nitrogen and oxygen atoms in total. The zero-order chi connectivity index (χ0) is 25.4. The number of ether oxygens (including phenoxy) is 5. The molecule has 34 heavy (non-hydrogen) atoms. The molecule has 0 aromatic heterocycles. The third-order valence-corrected chi connectivity index (χ3v) is 6.16. The van der Waals surface area contributed by atoms with E-state index in [0.29, 0.717) is 0 Å². The van der Waals surface area contributed by atoms with Gasteiger partial charge in [0.05, 0.1) is 19.8 Å². The summed E-state index contributed by atoms with van der Waals surface area (Å²) in [5, 5.41) is 109. The maximum Gasteiger partial charge on any atom is 0.224 e. The van der Waals surface area contributed by atoms with Crippen molar-refractivity contribution in [2.45, 2.75) is 85.5 Å². The fourth-order valence-electron chi connectivity index (χ4n) is 4.01. The number of hydrogen-bond acceptors (Lipinski definition) is 16. The molecule has 0 spiro atoms. The van der Waals surface area contributed by atoms with Gasteiger partial charge in [0.1, 0.15) is 73.8 Å². The molecule has 16 heteroatoms. The first-order valence-electron chi connectivity index (χ1n) is 10.6. The van der Waals surface area contributed by atoms with Crippen LogP contribution in [-0.2, 0) is 23.7 Å². The van der Waals surface area contributed by atoms with Crippen molar-refractivity contribution in [1.29, 1.82) is 0 Å². The zero-order valence-corrected chi connectivity index (χ0v) is 17.8. The molecule has 0 aliphatic carbocycles. The Morgan fingerprint density at radius 2 is 1.12 bits per heavy atom. The molecule has 0 saturated carbocycles. The average molecular weight is 504 g/mol. The van der Waals surface area contributed by atoms with E-state index in [9.17, 15) is 56.2 Å². The maximum absolute atomic E-state index is 10.3. The lowest BCUT2D eigenvalue weighted by molar-refractivity contribution is -0.388. The molecule has 200 valence electrons. The van der Waals surface area contributed by atoms with Crippen LogP contribution >= 0.6 is 0 Å². The van der Waals surface area contributed by atoms with Gasteiger partial charge < -0.3 is 79.9 Å². The molecule has 11 N–H and O–H groups in total. The molecule has 3 heterocycles. The lowest BCUT2D eigenvalue weighted by Crippen LogP contribution is -2.63.